The van der Waals surface area contributed by atoms with Crippen LogP contribution in [0.25, 0.3) is 11.0 Å². The number of hydrogen-bond acceptors (Lipinski definition) is 6. The Morgan fingerprint density at radius 3 is 2.75 bits per heavy atom. The maximum Gasteiger partial charge on any atom is 0.145 e. The van der Waals surface area contributed by atoms with Crippen LogP contribution < -0.4 is 5.32 Å². The van der Waals surface area contributed by atoms with E-state index in [0.717, 1.165) is 69.2 Å². The first-order chi connectivity index (χ1) is 11.7. The van der Waals surface area contributed by atoms with Crippen LogP contribution in [0.2, 0.25) is 0 Å². The monoisotopic (exact) mass is 333 g/mol. The SMILES string of the molecule is Cc1c(C)n(CCCO)c2ncnc(NCCN3CCOCC3)c12. The second kappa shape index (κ2) is 7.92. The van der Waals surface area contributed by atoms with Gasteiger partial charge in [0.25, 0.3) is 0 Å². The maximum atomic E-state index is 9.12. The maximum absolute atomic E-state index is 9.12. The highest BCUT2D eigenvalue weighted by atomic mass is 16.5. The van der Waals surface area contributed by atoms with Gasteiger partial charge in [-0.2, -0.15) is 0 Å². The molecule has 1 aliphatic rings. The summed E-state index contributed by atoms with van der Waals surface area (Å²) in [6.45, 7) is 10.7. The van der Waals surface area contributed by atoms with Gasteiger partial charge >= 0.3 is 0 Å². The van der Waals surface area contributed by atoms with Crippen molar-refractivity contribution in [1.29, 1.82) is 0 Å². The van der Waals surface area contributed by atoms with Crippen LogP contribution in [-0.4, -0.2) is 70.5 Å². The van der Waals surface area contributed by atoms with Crippen molar-refractivity contribution in [2.24, 2.45) is 0 Å². The van der Waals surface area contributed by atoms with E-state index in [2.05, 4.69) is 38.6 Å². The third-order valence-electron chi connectivity index (χ3n) is 4.77. The number of aliphatic hydroxyl groups is 1. The van der Waals surface area contributed by atoms with Crippen molar-refractivity contribution in [3.8, 4) is 0 Å². The smallest absolute Gasteiger partial charge is 0.145 e. The number of nitrogens with zero attached hydrogens (tertiary/aromatic N) is 4. The summed E-state index contributed by atoms with van der Waals surface area (Å²) in [5.41, 5.74) is 3.34. The summed E-state index contributed by atoms with van der Waals surface area (Å²) in [6, 6.07) is 0. The van der Waals surface area contributed by atoms with E-state index in [-0.39, 0.29) is 6.61 Å². The number of fused-ring (bicyclic) bond motifs is 1. The van der Waals surface area contributed by atoms with Gasteiger partial charge in [0, 0.05) is 45.0 Å². The Kier molecular flexibility index (Phi) is 5.65. The van der Waals surface area contributed by atoms with Gasteiger partial charge in [-0.05, 0) is 25.8 Å². The molecule has 132 valence electrons. The lowest BCUT2D eigenvalue weighted by Gasteiger charge is -2.26. The fourth-order valence-corrected chi connectivity index (χ4v) is 3.26. The molecule has 1 fully saturated rings. The van der Waals surface area contributed by atoms with Gasteiger partial charge in [-0.1, -0.05) is 0 Å². The average Bonchev–Trinajstić information content (AvgIpc) is 2.86. The third-order valence-corrected chi connectivity index (χ3v) is 4.77. The predicted molar refractivity (Wildman–Crippen MR) is 94.5 cm³/mol. The molecule has 2 aromatic heterocycles. The van der Waals surface area contributed by atoms with Gasteiger partial charge in [-0.25, -0.2) is 9.97 Å². The van der Waals surface area contributed by atoms with Crippen LogP contribution in [0.5, 0.6) is 0 Å². The van der Waals surface area contributed by atoms with Gasteiger partial charge in [-0.3, -0.25) is 4.90 Å². The molecule has 0 amide bonds. The Bertz CT molecular complexity index is 679. The zero-order valence-electron chi connectivity index (χ0n) is 14.6. The van der Waals surface area contributed by atoms with Crippen LogP contribution in [0.1, 0.15) is 17.7 Å². The first-order valence-corrected chi connectivity index (χ1v) is 8.67. The second-order valence-corrected chi connectivity index (χ2v) is 6.24. The van der Waals surface area contributed by atoms with E-state index in [9.17, 15) is 0 Å². The molecule has 0 atom stereocenters. The Morgan fingerprint density at radius 1 is 1.21 bits per heavy atom. The standard InChI is InChI=1S/C17H27N5O2/c1-13-14(2)22(5-3-9-23)17-15(13)16(19-12-20-17)18-4-6-21-7-10-24-11-8-21/h12,23H,3-11H2,1-2H3,(H,18,19,20). The number of aliphatic hydroxyl groups excluding tert-OH is 1. The Morgan fingerprint density at radius 2 is 2.00 bits per heavy atom. The summed E-state index contributed by atoms with van der Waals surface area (Å²) < 4.78 is 7.56. The molecule has 7 heteroatoms. The zero-order chi connectivity index (χ0) is 16.9. The van der Waals surface area contributed by atoms with Gasteiger partial charge in [0.1, 0.15) is 17.8 Å². The van der Waals surface area contributed by atoms with Crippen LogP contribution in [-0.2, 0) is 11.3 Å². The molecule has 0 saturated carbocycles. The molecule has 1 aliphatic heterocycles. The molecule has 3 heterocycles. The Balaban J connectivity index is 1.75. The van der Waals surface area contributed by atoms with Gasteiger partial charge in [-0.15, -0.1) is 0 Å². The number of anilines is 1. The van der Waals surface area contributed by atoms with Crippen molar-refractivity contribution in [2.75, 3.05) is 51.3 Å². The van der Waals surface area contributed by atoms with Crippen LogP contribution >= 0.6 is 0 Å². The summed E-state index contributed by atoms with van der Waals surface area (Å²) in [6.07, 6.45) is 2.35. The van der Waals surface area contributed by atoms with Crippen LogP contribution in [0, 0.1) is 13.8 Å². The Labute approximate surface area is 142 Å². The number of rotatable bonds is 7. The lowest BCUT2D eigenvalue weighted by atomic mass is 10.2. The van der Waals surface area contributed by atoms with Gasteiger partial charge in [0.2, 0.25) is 0 Å². The topological polar surface area (TPSA) is 75.4 Å². The summed E-state index contributed by atoms with van der Waals surface area (Å²) in [4.78, 5) is 11.3. The molecule has 3 rings (SSSR count). The minimum Gasteiger partial charge on any atom is -0.396 e. The molecule has 2 aromatic rings. The number of aromatic nitrogens is 3. The summed E-state index contributed by atoms with van der Waals surface area (Å²) in [5.74, 6) is 0.900. The van der Waals surface area contributed by atoms with Crippen molar-refractivity contribution in [3.05, 3.63) is 17.6 Å². The summed E-state index contributed by atoms with van der Waals surface area (Å²) >= 11 is 0. The lowest BCUT2D eigenvalue weighted by molar-refractivity contribution is 0.0398. The van der Waals surface area contributed by atoms with Crippen molar-refractivity contribution < 1.29 is 9.84 Å². The molecule has 0 bridgehead atoms. The largest absolute Gasteiger partial charge is 0.396 e. The van der Waals surface area contributed by atoms with E-state index >= 15 is 0 Å². The summed E-state index contributed by atoms with van der Waals surface area (Å²) in [7, 11) is 0. The molecule has 0 unspecified atom stereocenters. The molecule has 0 aliphatic carbocycles. The fourth-order valence-electron chi connectivity index (χ4n) is 3.26. The first kappa shape index (κ1) is 17.1. The molecule has 0 radical (unpaired) electrons. The van der Waals surface area contributed by atoms with E-state index in [1.807, 2.05) is 0 Å². The first-order valence-electron chi connectivity index (χ1n) is 8.67. The number of hydrogen-bond donors (Lipinski definition) is 2. The van der Waals surface area contributed by atoms with Crippen LogP contribution in [0.3, 0.4) is 0 Å². The van der Waals surface area contributed by atoms with Crippen molar-refractivity contribution >= 4 is 16.9 Å². The minimum absolute atomic E-state index is 0.188. The van der Waals surface area contributed by atoms with Crippen molar-refractivity contribution in [3.63, 3.8) is 0 Å². The molecule has 0 aromatic carbocycles. The molecule has 1 saturated heterocycles. The quantitative estimate of drug-likeness (QED) is 0.792. The van der Waals surface area contributed by atoms with E-state index in [4.69, 9.17) is 9.84 Å². The molecular weight excluding hydrogens is 306 g/mol. The van der Waals surface area contributed by atoms with E-state index in [1.165, 1.54) is 11.3 Å². The van der Waals surface area contributed by atoms with Crippen LogP contribution in [0.15, 0.2) is 6.33 Å². The van der Waals surface area contributed by atoms with E-state index < -0.39 is 0 Å². The summed E-state index contributed by atoms with van der Waals surface area (Å²) in [5, 5.41) is 13.7. The number of morpholine rings is 1. The van der Waals surface area contributed by atoms with Crippen LogP contribution in [0.4, 0.5) is 5.82 Å². The molecule has 24 heavy (non-hydrogen) atoms. The number of ether oxygens (including phenoxy) is 1. The Hall–Kier alpha value is -1.70. The van der Waals surface area contributed by atoms with Gasteiger partial charge < -0.3 is 19.7 Å². The fraction of sp³-hybridized carbons (Fsp3) is 0.647. The number of nitrogens with one attached hydrogen (secondary N) is 1. The predicted octanol–water partition coefficient (Wildman–Crippen LogP) is 1.17. The lowest BCUT2D eigenvalue weighted by Crippen LogP contribution is -2.39. The normalized spacial score (nSPS) is 16.0. The van der Waals surface area contributed by atoms with Gasteiger partial charge in [0.05, 0.1) is 18.6 Å². The highest BCUT2D eigenvalue weighted by Crippen LogP contribution is 2.28. The number of aryl methyl sites for hydroxylation is 2. The van der Waals surface area contributed by atoms with E-state index in [0.29, 0.717) is 0 Å². The van der Waals surface area contributed by atoms with Crippen molar-refractivity contribution in [1.82, 2.24) is 19.4 Å². The van der Waals surface area contributed by atoms with E-state index in [1.54, 1.807) is 6.33 Å². The van der Waals surface area contributed by atoms with Gasteiger partial charge in [0.15, 0.2) is 0 Å². The second-order valence-electron chi connectivity index (χ2n) is 6.24. The molecule has 0 spiro atoms. The highest BCUT2D eigenvalue weighted by Gasteiger charge is 2.16. The average molecular weight is 333 g/mol. The molecular formula is C17H27N5O2. The third kappa shape index (κ3) is 3.53. The molecule has 7 nitrogen and oxygen atoms in total. The molecule has 2 N–H and O–H groups in total. The minimum atomic E-state index is 0.188. The van der Waals surface area contributed by atoms with Crippen molar-refractivity contribution in [2.45, 2.75) is 26.8 Å². The highest BCUT2D eigenvalue weighted by molar-refractivity contribution is 5.91. The zero-order valence-corrected chi connectivity index (χ0v) is 14.6.